The van der Waals surface area contributed by atoms with Gasteiger partial charge >= 0.3 is 11.9 Å². The summed E-state index contributed by atoms with van der Waals surface area (Å²) >= 11 is 0. The Labute approximate surface area is 296 Å². The first-order chi connectivity index (χ1) is 23.8. The van der Waals surface area contributed by atoms with Gasteiger partial charge in [0.05, 0.1) is 13.2 Å². The Morgan fingerprint density at radius 3 is 1.88 bits per heavy atom. The summed E-state index contributed by atoms with van der Waals surface area (Å²) in [5.74, 6) is -2.46. The van der Waals surface area contributed by atoms with Crippen LogP contribution in [0.1, 0.15) is 142 Å². The summed E-state index contributed by atoms with van der Waals surface area (Å²) in [5.41, 5.74) is 0. The number of hydrogen-bond acceptors (Lipinski definition) is 6. The van der Waals surface area contributed by atoms with Crippen LogP contribution in [-0.4, -0.2) is 59.3 Å². The molecule has 9 nitrogen and oxygen atoms in total. The van der Waals surface area contributed by atoms with E-state index in [1.165, 1.54) is 25.7 Å². The van der Waals surface area contributed by atoms with Crippen LogP contribution in [0.25, 0.3) is 0 Å². The predicted octanol–water partition coefficient (Wildman–Crippen LogP) is 8.20. The van der Waals surface area contributed by atoms with Crippen LogP contribution in [0.2, 0.25) is 0 Å². The molecule has 2 unspecified atom stereocenters. The van der Waals surface area contributed by atoms with Crippen LogP contribution in [0.4, 0.5) is 0 Å². The first-order valence-electron chi connectivity index (χ1n) is 18.7. The van der Waals surface area contributed by atoms with Gasteiger partial charge in [-0.05, 0) is 83.1 Å². The van der Waals surface area contributed by atoms with Crippen LogP contribution < -0.4 is 10.6 Å². The molecule has 0 rings (SSSR count). The molecule has 2 amide bonds. The molecule has 9 heteroatoms. The van der Waals surface area contributed by atoms with Crippen LogP contribution in [-0.2, 0) is 23.9 Å². The van der Waals surface area contributed by atoms with Crippen molar-refractivity contribution in [2.45, 2.75) is 154 Å². The lowest BCUT2D eigenvalue weighted by molar-refractivity contribution is -0.147. The van der Waals surface area contributed by atoms with E-state index in [4.69, 9.17) is 14.9 Å². The van der Waals surface area contributed by atoms with Gasteiger partial charge in [0.2, 0.25) is 11.8 Å². The number of carbonyl (C=O) groups excluding carboxylic acids is 3. The fourth-order valence-corrected chi connectivity index (χ4v) is 4.85. The van der Waals surface area contributed by atoms with Gasteiger partial charge in [0.25, 0.3) is 0 Å². The Bertz CT molecular complexity index is 1020. The minimum Gasteiger partial charge on any atom is -0.480 e. The molecule has 0 aliphatic carbocycles. The van der Waals surface area contributed by atoms with Crippen molar-refractivity contribution in [1.82, 2.24) is 10.6 Å². The SMILES string of the molecule is CC/C=C\C/C=C\C/C=C\C/C=C\CCCCC(=O)OC(/C=C\CCCCCCC)CCCCCCC(=O)NCC(=O)NC(CO)C(=O)O. The van der Waals surface area contributed by atoms with E-state index >= 15 is 0 Å². The summed E-state index contributed by atoms with van der Waals surface area (Å²) in [7, 11) is 0. The van der Waals surface area contributed by atoms with Crippen molar-refractivity contribution in [2.24, 2.45) is 0 Å². The van der Waals surface area contributed by atoms with E-state index in [0.29, 0.717) is 12.8 Å². The largest absolute Gasteiger partial charge is 0.480 e. The standard InChI is InChI=1S/C40H66N2O7/c1-3-5-7-9-11-12-13-14-15-16-17-18-20-22-28-32-39(46)49-35(29-25-21-19-10-8-6-4-2)30-26-23-24-27-31-37(44)41-33-38(45)42-36(34-43)40(47)48/h5,7,11-12,14-15,17-18,25,29,35-36,43H,3-4,6,8-10,13,16,19-24,26-28,30-34H2,1-2H3,(H,41,44)(H,42,45)(H,47,48)/b7-5-,12-11-,15-14-,18-17-,29-25-. The van der Waals surface area contributed by atoms with Gasteiger partial charge in [-0.2, -0.15) is 0 Å². The number of allylic oxidation sites excluding steroid dienone is 9. The Morgan fingerprint density at radius 2 is 1.22 bits per heavy atom. The van der Waals surface area contributed by atoms with Gasteiger partial charge in [-0.25, -0.2) is 4.79 Å². The molecule has 0 spiro atoms. The van der Waals surface area contributed by atoms with E-state index in [1.54, 1.807) is 0 Å². The number of aliphatic hydroxyl groups excluding tert-OH is 1. The van der Waals surface area contributed by atoms with E-state index in [9.17, 15) is 19.2 Å². The van der Waals surface area contributed by atoms with Crippen LogP contribution in [0, 0.1) is 0 Å². The number of aliphatic carboxylic acids is 1. The number of carboxylic acids is 1. The number of ether oxygens (including phenoxy) is 1. The molecule has 0 aromatic rings. The minimum atomic E-state index is -1.39. The van der Waals surface area contributed by atoms with Gasteiger partial charge in [-0.15, -0.1) is 0 Å². The van der Waals surface area contributed by atoms with Gasteiger partial charge in [0.1, 0.15) is 12.1 Å². The molecule has 0 saturated carbocycles. The minimum absolute atomic E-state index is 0.155. The summed E-state index contributed by atoms with van der Waals surface area (Å²) in [6.07, 6.45) is 39.8. The third-order valence-corrected chi connectivity index (χ3v) is 7.73. The number of hydrogen-bond donors (Lipinski definition) is 4. The van der Waals surface area contributed by atoms with Crippen molar-refractivity contribution in [3.63, 3.8) is 0 Å². The van der Waals surface area contributed by atoms with E-state index in [1.807, 2.05) is 6.08 Å². The molecule has 4 N–H and O–H groups in total. The predicted molar refractivity (Wildman–Crippen MR) is 199 cm³/mol. The molecule has 0 saturated heterocycles. The van der Waals surface area contributed by atoms with Crippen LogP contribution >= 0.6 is 0 Å². The molecule has 49 heavy (non-hydrogen) atoms. The maximum Gasteiger partial charge on any atom is 0.328 e. The third kappa shape index (κ3) is 31.6. The van der Waals surface area contributed by atoms with Crippen molar-refractivity contribution >= 4 is 23.8 Å². The molecule has 0 aliphatic heterocycles. The van der Waals surface area contributed by atoms with Gasteiger partial charge in [0, 0.05) is 12.8 Å². The van der Waals surface area contributed by atoms with Crippen LogP contribution in [0.3, 0.4) is 0 Å². The zero-order chi connectivity index (χ0) is 36.2. The second-order valence-electron chi connectivity index (χ2n) is 12.3. The zero-order valence-electron chi connectivity index (χ0n) is 30.4. The first kappa shape index (κ1) is 45.5. The van der Waals surface area contributed by atoms with E-state index in [-0.39, 0.29) is 30.9 Å². The summed E-state index contributed by atoms with van der Waals surface area (Å²) in [5, 5.41) is 22.5. The lowest BCUT2D eigenvalue weighted by Gasteiger charge is -2.15. The van der Waals surface area contributed by atoms with E-state index < -0.39 is 24.5 Å². The maximum atomic E-state index is 12.6. The van der Waals surface area contributed by atoms with E-state index in [2.05, 4.69) is 79.2 Å². The number of amides is 2. The smallest absolute Gasteiger partial charge is 0.328 e. The van der Waals surface area contributed by atoms with Gasteiger partial charge < -0.3 is 25.6 Å². The second kappa shape index (κ2) is 34.4. The first-order valence-corrected chi connectivity index (χ1v) is 18.7. The molecule has 0 aromatic carbocycles. The highest BCUT2D eigenvalue weighted by molar-refractivity contribution is 5.87. The fourth-order valence-electron chi connectivity index (χ4n) is 4.85. The monoisotopic (exact) mass is 686 g/mol. The highest BCUT2D eigenvalue weighted by atomic mass is 16.5. The van der Waals surface area contributed by atoms with E-state index in [0.717, 1.165) is 83.5 Å². The number of rotatable bonds is 32. The number of carboxylic acid groups (broad SMARTS) is 1. The third-order valence-electron chi connectivity index (χ3n) is 7.73. The average Bonchev–Trinajstić information content (AvgIpc) is 3.08. The molecule has 0 aromatic heterocycles. The lowest BCUT2D eigenvalue weighted by atomic mass is 10.1. The summed E-state index contributed by atoms with van der Waals surface area (Å²) in [6.45, 7) is 3.28. The highest BCUT2D eigenvalue weighted by Gasteiger charge is 2.18. The molecule has 278 valence electrons. The summed E-state index contributed by atoms with van der Waals surface area (Å²) < 4.78 is 5.85. The molecule has 0 heterocycles. The number of carbonyl (C=O) groups is 4. The number of aliphatic hydroxyl groups is 1. The highest BCUT2D eigenvalue weighted by Crippen LogP contribution is 2.14. The van der Waals surface area contributed by atoms with Crippen molar-refractivity contribution in [3.05, 3.63) is 60.8 Å². The molecule has 2 atom stereocenters. The molecule has 0 aliphatic rings. The number of unbranched alkanes of at least 4 members (excludes halogenated alkanes) is 10. The Hall–Kier alpha value is -3.46. The summed E-state index contributed by atoms with van der Waals surface area (Å²) in [4.78, 5) is 47.3. The quantitative estimate of drug-likeness (QED) is 0.0318. The molecule has 0 bridgehead atoms. The number of nitrogens with one attached hydrogen (secondary N) is 2. The van der Waals surface area contributed by atoms with Crippen LogP contribution in [0.15, 0.2) is 60.8 Å². The number of esters is 1. The topological polar surface area (TPSA) is 142 Å². The van der Waals surface area contributed by atoms with Crippen molar-refractivity contribution < 1.29 is 34.1 Å². The second-order valence-corrected chi connectivity index (χ2v) is 12.3. The molecular weight excluding hydrogens is 620 g/mol. The molecule has 0 fully saturated rings. The van der Waals surface area contributed by atoms with Crippen molar-refractivity contribution in [1.29, 1.82) is 0 Å². The van der Waals surface area contributed by atoms with Gasteiger partial charge in [-0.3, -0.25) is 14.4 Å². The summed E-state index contributed by atoms with van der Waals surface area (Å²) in [6, 6.07) is -1.39. The normalized spacial score (nSPS) is 13.2. The van der Waals surface area contributed by atoms with Crippen molar-refractivity contribution in [3.8, 4) is 0 Å². The Morgan fingerprint density at radius 1 is 0.653 bits per heavy atom. The van der Waals surface area contributed by atoms with Crippen LogP contribution in [0.5, 0.6) is 0 Å². The Balaban J connectivity index is 4.36. The van der Waals surface area contributed by atoms with Crippen molar-refractivity contribution in [2.75, 3.05) is 13.2 Å². The maximum absolute atomic E-state index is 12.6. The van der Waals surface area contributed by atoms with Gasteiger partial charge in [-0.1, -0.05) is 107 Å². The van der Waals surface area contributed by atoms with Gasteiger partial charge in [0.15, 0.2) is 0 Å². The lowest BCUT2D eigenvalue weighted by Crippen LogP contribution is -2.47. The fraction of sp³-hybridized carbons (Fsp3) is 0.650. The zero-order valence-corrected chi connectivity index (χ0v) is 30.4. The average molecular weight is 687 g/mol. The molecule has 0 radical (unpaired) electrons. The molecular formula is C40H66N2O7. The Kier molecular flexibility index (Phi) is 32.0.